The van der Waals surface area contributed by atoms with Crippen LogP contribution in [0.2, 0.25) is 5.02 Å². The van der Waals surface area contributed by atoms with Crippen LogP contribution < -0.4 is 10.3 Å². The van der Waals surface area contributed by atoms with Crippen molar-refractivity contribution in [1.29, 1.82) is 0 Å². The highest BCUT2D eigenvalue weighted by molar-refractivity contribution is 8.19. The molecule has 0 spiro atoms. The summed E-state index contributed by atoms with van der Waals surface area (Å²) in [6, 6.07) is 11.8. The third-order valence-electron chi connectivity index (χ3n) is 3.63. The summed E-state index contributed by atoms with van der Waals surface area (Å²) >= 11 is 7.03. The van der Waals surface area contributed by atoms with Crippen molar-refractivity contribution in [1.82, 2.24) is 4.98 Å². The van der Waals surface area contributed by atoms with Crippen LogP contribution in [0.15, 0.2) is 64.4 Å². The first-order valence-electron chi connectivity index (χ1n) is 8.17. The molecule has 1 aromatic heterocycles. The molecule has 1 N–H and O–H groups in total. The van der Waals surface area contributed by atoms with E-state index in [4.69, 9.17) is 11.6 Å². The van der Waals surface area contributed by atoms with Crippen molar-refractivity contribution in [2.24, 2.45) is 5.10 Å². The summed E-state index contributed by atoms with van der Waals surface area (Å²) in [6.45, 7) is 2.65. The molecule has 9 heteroatoms. The predicted octanol–water partition coefficient (Wildman–Crippen LogP) is 3.63. The number of hydrazone groups is 1. The summed E-state index contributed by atoms with van der Waals surface area (Å²) in [5.74, 6) is -1.08. The summed E-state index contributed by atoms with van der Waals surface area (Å²) < 4.78 is 0. The molecule has 1 aromatic carbocycles. The number of ketones is 2. The van der Waals surface area contributed by atoms with Crippen LogP contribution >= 0.6 is 23.4 Å². The van der Waals surface area contributed by atoms with E-state index in [-0.39, 0.29) is 21.4 Å². The number of anilines is 2. The van der Waals surface area contributed by atoms with Crippen molar-refractivity contribution in [2.75, 3.05) is 10.3 Å². The maximum absolute atomic E-state index is 12.8. The minimum Gasteiger partial charge on any atom is -0.306 e. The van der Waals surface area contributed by atoms with E-state index in [0.717, 1.165) is 11.8 Å². The van der Waals surface area contributed by atoms with E-state index < -0.39 is 11.7 Å². The molecule has 0 atom stereocenters. The molecule has 0 saturated carbocycles. The van der Waals surface area contributed by atoms with E-state index in [0.29, 0.717) is 16.5 Å². The molecule has 1 aliphatic rings. The number of thioether (sulfide) groups is 1. The molecule has 0 unspecified atom stereocenters. The zero-order valence-corrected chi connectivity index (χ0v) is 16.5. The standard InChI is InChI=1S/C19H15ClN4O3S/c1-11(25)16(17(27)22-15-8-3-4-9-21-15)19-24(23-18(28-19)12(2)26)14-7-5-6-13(20)10-14/h3-10H,1-2H3,(H,21,22,27)/b19-16+. The van der Waals surface area contributed by atoms with Gasteiger partial charge in [0.1, 0.15) is 16.4 Å². The number of nitrogens with one attached hydrogen (secondary N) is 1. The van der Waals surface area contributed by atoms with E-state index in [1.54, 1.807) is 42.5 Å². The molecule has 3 rings (SSSR count). The number of halogens is 1. The van der Waals surface area contributed by atoms with Crippen molar-refractivity contribution in [2.45, 2.75) is 13.8 Å². The third-order valence-corrected chi connectivity index (χ3v) is 5.00. The Bertz CT molecular complexity index is 1020. The number of carbonyl (C=O) groups excluding carboxylic acids is 3. The summed E-state index contributed by atoms with van der Waals surface area (Å²) in [7, 11) is 0. The first kappa shape index (κ1) is 19.8. The van der Waals surface area contributed by atoms with Crippen LogP contribution in [0, 0.1) is 0 Å². The Hall–Kier alpha value is -2.97. The Morgan fingerprint density at radius 1 is 1.11 bits per heavy atom. The molecule has 7 nitrogen and oxygen atoms in total. The Morgan fingerprint density at radius 2 is 1.89 bits per heavy atom. The Balaban J connectivity index is 2.07. The summed E-state index contributed by atoms with van der Waals surface area (Å²) in [4.78, 5) is 41.1. The van der Waals surface area contributed by atoms with E-state index in [9.17, 15) is 14.4 Å². The van der Waals surface area contributed by atoms with Crippen molar-refractivity contribution in [3.63, 3.8) is 0 Å². The van der Waals surface area contributed by atoms with Crippen molar-refractivity contribution >= 4 is 57.4 Å². The van der Waals surface area contributed by atoms with Crippen molar-refractivity contribution < 1.29 is 14.4 Å². The molecule has 1 aliphatic heterocycles. The highest BCUT2D eigenvalue weighted by atomic mass is 35.5. The number of amides is 1. The van der Waals surface area contributed by atoms with Crippen LogP contribution in [0.25, 0.3) is 0 Å². The van der Waals surface area contributed by atoms with E-state index in [1.807, 2.05) is 0 Å². The first-order valence-corrected chi connectivity index (χ1v) is 9.37. The number of hydrogen-bond donors (Lipinski definition) is 1. The fourth-order valence-corrected chi connectivity index (χ4v) is 3.60. The highest BCUT2D eigenvalue weighted by Gasteiger charge is 2.33. The molecule has 0 bridgehead atoms. The smallest absolute Gasteiger partial charge is 0.263 e. The molecule has 0 radical (unpaired) electrons. The summed E-state index contributed by atoms with van der Waals surface area (Å²) in [5.41, 5.74) is 0.395. The number of hydrogen-bond acceptors (Lipinski definition) is 7. The molecule has 0 saturated heterocycles. The van der Waals surface area contributed by atoms with Gasteiger partial charge in [-0.25, -0.2) is 9.99 Å². The van der Waals surface area contributed by atoms with Crippen molar-refractivity contribution in [3.8, 4) is 0 Å². The first-order chi connectivity index (χ1) is 13.4. The molecule has 0 aliphatic carbocycles. The molecule has 2 aromatic rings. The number of Topliss-reactive ketones (excluding diaryl/α,β-unsaturated/α-hetero) is 2. The number of pyridine rings is 1. The van der Waals surface area contributed by atoms with Gasteiger partial charge in [-0.05, 0) is 49.0 Å². The second-order valence-electron chi connectivity index (χ2n) is 5.76. The van der Waals surface area contributed by atoms with Crippen LogP contribution in [-0.4, -0.2) is 27.5 Å². The Labute approximate surface area is 170 Å². The lowest BCUT2D eigenvalue weighted by Gasteiger charge is -2.18. The van der Waals surface area contributed by atoms with E-state index in [2.05, 4.69) is 15.4 Å². The van der Waals surface area contributed by atoms with Crippen LogP contribution in [0.5, 0.6) is 0 Å². The highest BCUT2D eigenvalue weighted by Crippen LogP contribution is 2.38. The number of nitrogens with zero attached hydrogens (tertiary/aromatic N) is 3. The topological polar surface area (TPSA) is 91.7 Å². The second kappa shape index (κ2) is 8.37. The van der Waals surface area contributed by atoms with Crippen LogP contribution in [0.1, 0.15) is 13.8 Å². The summed E-state index contributed by atoms with van der Waals surface area (Å²) in [5, 5.41) is 9.10. The number of carbonyl (C=O) groups is 3. The number of aromatic nitrogens is 1. The lowest BCUT2D eigenvalue weighted by atomic mass is 10.2. The van der Waals surface area contributed by atoms with Gasteiger partial charge in [-0.15, -0.1) is 0 Å². The van der Waals surface area contributed by atoms with Gasteiger partial charge in [0.05, 0.1) is 5.69 Å². The lowest BCUT2D eigenvalue weighted by Crippen LogP contribution is -2.24. The number of benzene rings is 1. The van der Waals surface area contributed by atoms with Gasteiger partial charge in [-0.2, -0.15) is 5.10 Å². The predicted molar refractivity (Wildman–Crippen MR) is 110 cm³/mol. The second-order valence-corrected chi connectivity index (χ2v) is 7.17. The Morgan fingerprint density at radius 3 is 2.50 bits per heavy atom. The van der Waals surface area contributed by atoms with Crippen LogP contribution in [0.4, 0.5) is 11.5 Å². The van der Waals surface area contributed by atoms with Gasteiger partial charge in [-0.1, -0.05) is 23.7 Å². The largest absolute Gasteiger partial charge is 0.306 e. The van der Waals surface area contributed by atoms with Crippen LogP contribution in [0.3, 0.4) is 0 Å². The molecule has 0 fully saturated rings. The average molecular weight is 415 g/mol. The van der Waals surface area contributed by atoms with E-state index >= 15 is 0 Å². The maximum Gasteiger partial charge on any atom is 0.263 e. The van der Waals surface area contributed by atoms with Gasteiger partial charge in [0.25, 0.3) is 5.91 Å². The minimum atomic E-state index is -0.638. The van der Waals surface area contributed by atoms with Crippen LogP contribution in [-0.2, 0) is 14.4 Å². The van der Waals surface area contributed by atoms with Gasteiger partial charge < -0.3 is 5.32 Å². The Kier molecular flexibility index (Phi) is 5.91. The molecule has 142 valence electrons. The third kappa shape index (κ3) is 4.29. The van der Waals surface area contributed by atoms with Gasteiger partial charge >= 0.3 is 0 Å². The van der Waals surface area contributed by atoms with Gasteiger partial charge in [0.2, 0.25) is 0 Å². The molecular formula is C19H15ClN4O3S. The molecule has 1 amide bonds. The zero-order valence-electron chi connectivity index (χ0n) is 15.0. The molecular weight excluding hydrogens is 400 g/mol. The fraction of sp³-hybridized carbons (Fsp3) is 0.105. The monoisotopic (exact) mass is 414 g/mol. The minimum absolute atomic E-state index is 0.129. The van der Waals surface area contributed by atoms with Gasteiger partial charge in [0.15, 0.2) is 16.6 Å². The maximum atomic E-state index is 12.8. The summed E-state index contributed by atoms with van der Waals surface area (Å²) in [6.07, 6.45) is 1.52. The SMILES string of the molecule is CC(=O)C1=NN(c2cccc(Cl)c2)/C(=C(/C(C)=O)C(=O)Nc2ccccn2)S1. The average Bonchev–Trinajstić information content (AvgIpc) is 3.07. The van der Waals surface area contributed by atoms with Gasteiger partial charge in [0, 0.05) is 18.1 Å². The van der Waals surface area contributed by atoms with Gasteiger partial charge in [-0.3, -0.25) is 14.4 Å². The fourth-order valence-electron chi connectivity index (χ4n) is 2.40. The molecule has 2 heterocycles. The van der Waals surface area contributed by atoms with E-state index in [1.165, 1.54) is 25.1 Å². The number of rotatable bonds is 5. The molecule has 28 heavy (non-hydrogen) atoms. The normalized spacial score (nSPS) is 15.1. The quantitative estimate of drug-likeness (QED) is 0.456. The lowest BCUT2D eigenvalue weighted by molar-refractivity contribution is -0.119. The van der Waals surface area contributed by atoms with Crippen molar-refractivity contribution in [3.05, 3.63) is 64.3 Å². The zero-order chi connectivity index (χ0) is 20.3.